The molecule has 9 heteroatoms. The van der Waals surface area contributed by atoms with Crippen LogP contribution in [0.25, 0.3) is 11.2 Å². The number of imidazole rings is 1. The molecular formula is C10H12ClN5O3. The van der Waals surface area contributed by atoms with E-state index in [1.807, 2.05) is 0 Å². The van der Waals surface area contributed by atoms with Crippen molar-refractivity contribution in [2.24, 2.45) is 0 Å². The molecule has 19 heavy (non-hydrogen) atoms. The summed E-state index contributed by atoms with van der Waals surface area (Å²) in [5.41, 5.74) is 6.41. The topological polar surface area (TPSA) is 119 Å². The minimum atomic E-state index is -0.734. The quantitative estimate of drug-likeness (QED) is 0.648. The summed E-state index contributed by atoms with van der Waals surface area (Å²) < 4.78 is 7.16. The van der Waals surface area contributed by atoms with Gasteiger partial charge in [0.1, 0.15) is 17.8 Å². The molecule has 0 aliphatic carbocycles. The van der Waals surface area contributed by atoms with Crippen LogP contribution in [0.3, 0.4) is 0 Å². The van der Waals surface area contributed by atoms with E-state index < -0.39 is 18.4 Å². The maximum atomic E-state index is 9.74. The summed E-state index contributed by atoms with van der Waals surface area (Å²) in [6.45, 7) is -0.248. The molecule has 3 rings (SSSR count). The smallest absolute Gasteiger partial charge is 0.223 e. The fourth-order valence-corrected chi connectivity index (χ4v) is 2.38. The van der Waals surface area contributed by atoms with Crippen LogP contribution in [0.5, 0.6) is 0 Å². The Hall–Kier alpha value is -1.48. The average Bonchev–Trinajstić information content (AvgIpc) is 2.92. The summed E-state index contributed by atoms with van der Waals surface area (Å²) >= 11 is 5.93. The lowest BCUT2D eigenvalue weighted by atomic mass is 10.2. The number of rotatable bonds is 2. The van der Waals surface area contributed by atoms with Gasteiger partial charge in [0.25, 0.3) is 0 Å². The van der Waals surface area contributed by atoms with Gasteiger partial charge in [-0.2, -0.15) is 9.97 Å². The molecule has 1 fully saturated rings. The molecule has 0 saturated carbocycles. The molecule has 1 aliphatic heterocycles. The minimum absolute atomic E-state index is 0.0384. The molecule has 0 unspecified atom stereocenters. The van der Waals surface area contributed by atoms with Gasteiger partial charge in [0.2, 0.25) is 5.95 Å². The lowest BCUT2D eigenvalue weighted by molar-refractivity contribution is -0.0432. The van der Waals surface area contributed by atoms with Gasteiger partial charge >= 0.3 is 0 Å². The van der Waals surface area contributed by atoms with Gasteiger partial charge in [-0.05, 0) is 0 Å². The number of nitrogens with two attached hydrogens (primary N) is 1. The van der Waals surface area contributed by atoms with Crippen LogP contribution >= 0.6 is 11.6 Å². The Morgan fingerprint density at radius 2 is 2.32 bits per heavy atom. The Kier molecular flexibility index (Phi) is 3.02. The van der Waals surface area contributed by atoms with Crippen molar-refractivity contribution in [3.05, 3.63) is 11.5 Å². The van der Waals surface area contributed by atoms with Crippen LogP contribution in [0.2, 0.25) is 5.15 Å². The largest absolute Gasteiger partial charge is 0.394 e. The second kappa shape index (κ2) is 4.57. The van der Waals surface area contributed by atoms with Crippen LogP contribution in [0, 0.1) is 0 Å². The van der Waals surface area contributed by atoms with E-state index in [1.165, 1.54) is 6.33 Å². The fourth-order valence-electron chi connectivity index (χ4n) is 2.16. The number of hydrogen-bond donors (Lipinski definition) is 3. The number of fused-ring (bicyclic) bond motifs is 1. The Bertz CT molecular complexity index is 618. The maximum absolute atomic E-state index is 9.74. The van der Waals surface area contributed by atoms with E-state index in [2.05, 4.69) is 15.0 Å². The number of nitrogens with zero attached hydrogens (tertiary/aromatic N) is 4. The number of ether oxygens (including phenoxy) is 1. The molecular weight excluding hydrogens is 274 g/mol. The summed E-state index contributed by atoms with van der Waals surface area (Å²) in [4.78, 5) is 12.0. The summed E-state index contributed by atoms with van der Waals surface area (Å²) in [5, 5.41) is 19.0. The van der Waals surface area contributed by atoms with Gasteiger partial charge in [-0.15, -0.1) is 0 Å². The molecule has 8 nitrogen and oxygen atoms in total. The number of hydrogen-bond acceptors (Lipinski definition) is 7. The highest BCUT2D eigenvalue weighted by Gasteiger charge is 2.35. The van der Waals surface area contributed by atoms with Crippen molar-refractivity contribution in [2.75, 3.05) is 12.3 Å². The van der Waals surface area contributed by atoms with Crippen LogP contribution in [0.1, 0.15) is 12.6 Å². The van der Waals surface area contributed by atoms with Gasteiger partial charge in [-0.1, -0.05) is 11.6 Å². The lowest BCUT2D eigenvalue weighted by Gasteiger charge is -2.13. The van der Waals surface area contributed by atoms with Crippen molar-refractivity contribution in [1.82, 2.24) is 19.5 Å². The summed E-state index contributed by atoms with van der Waals surface area (Å²) in [6, 6.07) is 0. The average molecular weight is 286 g/mol. The Balaban J connectivity index is 2.02. The van der Waals surface area contributed by atoms with Crippen LogP contribution < -0.4 is 5.73 Å². The third-order valence-corrected chi connectivity index (χ3v) is 3.35. The number of aromatic nitrogens is 4. The number of nitrogen functional groups attached to an aromatic ring is 1. The molecule has 4 N–H and O–H groups in total. The van der Waals surface area contributed by atoms with Crippen LogP contribution in [-0.4, -0.2) is 48.5 Å². The first kappa shape index (κ1) is 12.5. The molecule has 3 heterocycles. The van der Waals surface area contributed by atoms with Gasteiger partial charge in [-0.25, -0.2) is 4.98 Å². The lowest BCUT2D eigenvalue weighted by Crippen LogP contribution is -2.24. The highest BCUT2D eigenvalue weighted by Crippen LogP contribution is 2.31. The van der Waals surface area contributed by atoms with E-state index in [-0.39, 0.29) is 17.7 Å². The molecule has 0 radical (unpaired) electrons. The van der Waals surface area contributed by atoms with Crippen LogP contribution in [0.4, 0.5) is 5.95 Å². The summed E-state index contributed by atoms with van der Waals surface area (Å²) in [6.07, 6.45) is 0.0155. The van der Waals surface area contributed by atoms with Crippen LogP contribution in [0.15, 0.2) is 6.33 Å². The summed E-state index contributed by atoms with van der Waals surface area (Å²) in [5.74, 6) is 0.0384. The predicted molar refractivity (Wildman–Crippen MR) is 66.4 cm³/mol. The molecule has 0 spiro atoms. The molecule has 2 aromatic heterocycles. The second-order valence-corrected chi connectivity index (χ2v) is 4.67. The van der Waals surface area contributed by atoms with E-state index in [1.54, 1.807) is 4.57 Å². The molecule has 2 aromatic rings. The van der Waals surface area contributed by atoms with Crippen molar-refractivity contribution in [2.45, 2.75) is 24.9 Å². The van der Waals surface area contributed by atoms with Gasteiger partial charge in [0, 0.05) is 6.42 Å². The second-order valence-electron chi connectivity index (χ2n) is 4.31. The van der Waals surface area contributed by atoms with Gasteiger partial charge in [0.05, 0.1) is 19.0 Å². The maximum Gasteiger partial charge on any atom is 0.223 e. The molecule has 0 bridgehead atoms. The zero-order valence-electron chi connectivity index (χ0n) is 9.77. The number of aliphatic hydroxyl groups excluding tert-OH is 2. The number of anilines is 1. The van der Waals surface area contributed by atoms with Gasteiger partial charge < -0.3 is 20.7 Å². The number of aliphatic hydroxyl groups is 2. The molecule has 3 atom stereocenters. The van der Waals surface area contributed by atoms with E-state index in [0.717, 1.165) is 0 Å². The molecule has 102 valence electrons. The van der Waals surface area contributed by atoms with Crippen molar-refractivity contribution in [3.63, 3.8) is 0 Å². The monoisotopic (exact) mass is 285 g/mol. The van der Waals surface area contributed by atoms with Crippen molar-refractivity contribution >= 4 is 28.7 Å². The van der Waals surface area contributed by atoms with E-state index in [4.69, 9.17) is 27.2 Å². The van der Waals surface area contributed by atoms with Crippen molar-refractivity contribution in [1.29, 1.82) is 0 Å². The first-order valence-electron chi connectivity index (χ1n) is 5.70. The van der Waals surface area contributed by atoms with E-state index >= 15 is 0 Å². The zero-order valence-corrected chi connectivity index (χ0v) is 10.5. The van der Waals surface area contributed by atoms with Crippen molar-refractivity contribution < 1.29 is 14.9 Å². The molecule has 1 aliphatic rings. The van der Waals surface area contributed by atoms with Crippen molar-refractivity contribution in [3.8, 4) is 0 Å². The van der Waals surface area contributed by atoms with E-state index in [0.29, 0.717) is 17.6 Å². The predicted octanol–water partition coefficient (Wildman–Crippen LogP) is -0.297. The third kappa shape index (κ3) is 2.02. The minimum Gasteiger partial charge on any atom is -0.394 e. The first-order valence-corrected chi connectivity index (χ1v) is 6.08. The highest BCUT2D eigenvalue weighted by atomic mass is 35.5. The normalized spacial score (nSPS) is 27.2. The van der Waals surface area contributed by atoms with Crippen LogP contribution in [-0.2, 0) is 4.74 Å². The third-order valence-electron chi connectivity index (χ3n) is 3.09. The Labute approximate surface area is 112 Å². The van der Waals surface area contributed by atoms with Gasteiger partial charge in [-0.3, -0.25) is 4.57 Å². The highest BCUT2D eigenvalue weighted by molar-refractivity contribution is 6.33. The fraction of sp³-hybridized carbons (Fsp3) is 0.500. The first-order chi connectivity index (χ1) is 9.10. The Morgan fingerprint density at radius 1 is 1.53 bits per heavy atom. The molecule has 0 amide bonds. The van der Waals surface area contributed by atoms with Gasteiger partial charge in [0.15, 0.2) is 10.8 Å². The SMILES string of the molecule is Nc1nc(Cl)c2ncn([C@H]3C[C@@H](O)[C@@H](CO)O3)c2n1. The molecule has 1 saturated heterocycles. The molecule has 0 aromatic carbocycles. The number of halogens is 1. The standard InChI is InChI=1S/C10H12ClN5O3/c11-8-7-9(15-10(12)14-8)16(3-13-7)6-1-4(18)5(2-17)19-6/h3-6,17-18H,1-2H2,(H2,12,14,15)/t4-,5-,6-/m1/s1. The Morgan fingerprint density at radius 3 is 3.00 bits per heavy atom. The summed E-state index contributed by atoms with van der Waals surface area (Å²) in [7, 11) is 0. The zero-order chi connectivity index (χ0) is 13.6. The van der Waals surface area contributed by atoms with E-state index in [9.17, 15) is 5.11 Å².